The van der Waals surface area contributed by atoms with Crippen molar-refractivity contribution in [2.45, 2.75) is 82.2 Å². The molecule has 2 saturated carbocycles. The van der Waals surface area contributed by atoms with Crippen LogP contribution in [0.25, 0.3) is 0 Å². The number of nitrogens with zero attached hydrogens (tertiary/aromatic N) is 4. The monoisotopic (exact) mass is 409 g/mol. The predicted molar refractivity (Wildman–Crippen MR) is 120 cm³/mol. The summed E-state index contributed by atoms with van der Waals surface area (Å²) in [6.07, 6.45) is 17.5. The van der Waals surface area contributed by atoms with Gasteiger partial charge in [0.2, 0.25) is 0 Å². The molecule has 162 valence electrons. The molecule has 2 aliphatic heterocycles. The molecular formula is C24H35N5O. The van der Waals surface area contributed by atoms with Gasteiger partial charge in [0, 0.05) is 25.8 Å². The normalized spacial score (nSPS) is 30.5. The molecule has 6 nitrogen and oxygen atoms in total. The number of carbonyl (C=O) groups excluding carboxylic acids is 1. The van der Waals surface area contributed by atoms with E-state index in [4.69, 9.17) is 4.99 Å². The Balaban J connectivity index is 1.43. The summed E-state index contributed by atoms with van der Waals surface area (Å²) in [6, 6.07) is 4.23. The average molecular weight is 410 g/mol. The third kappa shape index (κ3) is 3.86. The first-order valence-corrected chi connectivity index (χ1v) is 12.1. The lowest BCUT2D eigenvalue weighted by Crippen LogP contribution is -2.52. The summed E-state index contributed by atoms with van der Waals surface area (Å²) in [6.45, 7) is 3.07. The molecule has 2 saturated heterocycles. The Hall–Kier alpha value is -1.95. The van der Waals surface area contributed by atoms with Crippen LogP contribution in [-0.4, -0.2) is 53.0 Å². The maximum Gasteiger partial charge on any atom is 0.328 e. The molecular weight excluding hydrogens is 374 g/mol. The van der Waals surface area contributed by atoms with Crippen molar-refractivity contribution in [3.05, 3.63) is 24.5 Å². The van der Waals surface area contributed by atoms with E-state index >= 15 is 0 Å². The fraction of sp³-hybridized carbons (Fsp3) is 0.708. The Morgan fingerprint density at radius 1 is 1.10 bits per heavy atom. The van der Waals surface area contributed by atoms with Crippen molar-refractivity contribution in [2.24, 2.45) is 10.9 Å². The van der Waals surface area contributed by atoms with E-state index in [0.29, 0.717) is 6.04 Å². The number of nitrogens with one attached hydrogen (secondary N) is 1. The average Bonchev–Trinajstić information content (AvgIpc) is 3.31. The van der Waals surface area contributed by atoms with Crippen LogP contribution in [0, 0.1) is 5.92 Å². The minimum Gasteiger partial charge on any atom is -0.300 e. The van der Waals surface area contributed by atoms with Crippen LogP contribution in [0.2, 0.25) is 0 Å². The van der Waals surface area contributed by atoms with Crippen molar-refractivity contribution < 1.29 is 4.79 Å². The summed E-state index contributed by atoms with van der Waals surface area (Å²) in [5.74, 6) is 1.72. The number of aliphatic imine (C=N–C) groups is 1. The van der Waals surface area contributed by atoms with Crippen molar-refractivity contribution in [3.8, 4) is 0 Å². The third-order valence-electron chi connectivity index (χ3n) is 7.66. The van der Waals surface area contributed by atoms with Gasteiger partial charge in [0.15, 0.2) is 0 Å². The molecule has 1 unspecified atom stereocenters. The molecule has 4 aliphatic rings. The molecule has 0 radical (unpaired) electrons. The van der Waals surface area contributed by atoms with Crippen LogP contribution >= 0.6 is 0 Å². The minimum atomic E-state index is -0.369. The van der Waals surface area contributed by atoms with Gasteiger partial charge in [0.1, 0.15) is 11.4 Å². The van der Waals surface area contributed by atoms with E-state index in [-0.39, 0.29) is 11.6 Å². The van der Waals surface area contributed by atoms with Crippen molar-refractivity contribution in [2.75, 3.05) is 24.5 Å². The van der Waals surface area contributed by atoms with Gasteiger partial charge in [-0.2, -0.15) is 0 Å². The lowest BCUT2D eigenvalue weighted by atomic mass is 9.89. The number of likely N-dealkylation sites (tertiary alicyclic amines) is 1. The maximum absolute atomic E-state index is 13.2. The number of amides is 2. The summed E-state index contributed by atoms with van der Waals surface area (Å²) < 4.78 is 0. The molecule has 1 aromatic heterocycles. The number of aromatic nitrogens is 1. The van der Waals surface area contributed by atoms with Crippen LogP contribution in [-0.2, 0) is 0 Å². The minimum absolute atomic E-state index is 0.0444. The van der Waals surface area contributed by atoms with Crippen molar-refractivity contribution in [3.63, 3.8) is 0 Å². The van der Waals surface area contributed by atoms with Crippen LogP contribution < -0.4 is 10.2 Å². The summed E-state index contributed by atoms with van der Waals surface area (Å²) in [4.78, 5) is 27.2. The van der Waals surface area contributed by atoms with Gasteiger partial charge >= 0.3 is 6.03 Å². The Bertz CT molecular complexity index is 769. The molecule has 30 heavy (non-hydrogen) atoms. The summed E-state index contributed by atoms with van der Waals surface area (Å²) in [5.41, 5.74) is 0.509. The number of rotatable bonds is 4. The van der Waals surface area contributed by atoms with E-state index in [1.54, 1.807) is 6.20 Å². The number of amidine groups is 1. The van der Waals surface area contributed by atoms with E-state index in [1.165, 1.54) is 51.4 Å². The van der Waals surface area contributed by atoms with Gasteiger partial charge in [-0.3, -0.25) is 20.2 Å². The molecule has 1 atom stereocenters. The molecule has 1 spiro atoms. The van der Waals surface area contributed by atoms with E-state index in [1.807, 2.05) is 23.2 Å². The zero-order chi connectivity index (χ0) is 20.4. The van der Waals surface area contributed by atoms with Gasteiger partial charge in [-0.25, -0.2) is 4.79 Å². The van der Waals surface area contributed by atoms with Crippen LogP contribution in [0.1, 0.15) is 70.6 Å². The van der Waals surface area contributed by atoms with E-state index in [0.717, 1.165) is 56.3 Å². The Kier molecular flexibility index (Phi) is 5.77. The van der Waals surface area contributed by atoms with Crippen LogP contribution in [0.5, 0.6) is 0 Å². The highest BCUT2D eigenvalue weighted by Gasteiger charge is 2.55. The first-order valence-electron chi connectivity index (χ1n) is 12.1. The number of pyridine rings is 1. The number of carbonyl (C=O) groups is 1. The molecule has 4 fully saturated rings. The van der Waals surface area contributed by atoms with Crippen molar-refractivity contribution in [1.29, 1.82) is 0 Å². The van der Waals surface area contributed by atoms with E-state index in [2.05, 4.69) is 15.2 Å². The smallest absolute Gasteiger partial charge is 0.300 e. The van der Waals surface area contributed by atoms with Gasteiger partial charge in [0.25, 0.3) is 0 Å². The van der Waals surface area contributed by atoms with Gasteiger partial charge in [-0.05, 0) is 50.2 Å². The SMILES string of the molecule is O=C1NC(=NC2CCCCC2)C2(CCN(CC3CCCCC3)C2)N1c1cccnc1. The van der Waals surface area contributed by atoms with Crippen LogP contribution in [0.4, 0.5) is 10.5 Å². The first kappa shape index (κ1) is 20.0. The molecule has 0 bridgehead atoms. The van der Waals surface area contributed by atoms with E-state index in [9.17, 15) is 4.79 Å². The zero-order valence-electron chi connectivity index (χ0n) is 18.1. The van der Waals surface area contributed by atoms with Gasteiger partial charge < -0.3 is 4.90 Å². The molecule has 2 amide bonds. The summed E-state index contributed by atoms with van der Waals surface area (Å²) in [7, 11) is 0. The molecule has 1 aromatic rings. The predicted octanol–water partition coefficient (Wildman–Crippen LogP) is 4.37. The highest BCUT2D eigenvalue weighted by molar-refractivity contribution is 6.19. The standard InChI is InChI=1S/C24H35N5O/c30-23-27-22(26-20-10-5-2-6-11-20)24(29(23)21-12-7-14-25-16-21)13-15-28(18-24)17-19-8-3-1-4-9-19/h7,12,14,16,19-20H,1-6,8-11,13,15,17-18H2,(H,26,27,30). The number of hydrogen-bond acceptors (Lipinski definition) is 4. The van der Waals surface area contributed by atoms with Crippen molar-refractivity contribution >= 4 is 17.6 Å². The quantitative estimate of drug-likeness (QED) is 0.803. The topological polar surface area (TPSA) is 60.8 Å². The molecule has 0 aromatic carbocycles. The number of anilines is 1. The Labute approximate surface area is 180 Å². The number of urea groups is 1. The van der Waals surface area contributed by atoms with E-state index < -0.39 is 0 Å². The molecule has 2 aliphatic carbocycles. The molecule has 6 heteroatoms. The number of hydrogen-bond donors (Lipinski definition) is 1. The largest absolute Gasteiger partial charge is 0.328 e. The fourth-order valence-electron chi connectivity index (χ4n) is 6.11. The molecule has 5 rings (SSSR count). The molecule has 3 heterocycles. The fourth-order valence-corrected chi connectivity index (χ4v) is 6.11. The second kappa shape index (κ2) is 8.66. The summed E-state index contributed by atoms with van der Waals surface area (Å²) >= 11 is 0. The third-order valence-corrected chi connectivity index (χ3v) is 7.66. The summed E-state index contributed by atoms with van der Waals surface area (Å²) in [5, 5.41) is 3.19. The van der Waals surface area contributed by atoms with Crippen LogP contribution in [0.15, 0.2) is 29.5 Å². The van der Waals surface area contributed by atoms with Gasteiger partial charge in [0.05, 0.1) is 17.9 Å². The van der Waals surface area contributed by atoms with Crippen LogP contribution in [0.3, 0.4) is 0 Å². The highest BCUT2D eigenvalue weighted by Crippen LogP contribution is 2.38. The Morgan fingerprint density at radius 2 is 1.87 bits per heavy atom. The second-order valence-corrected chi connectivity index (χ2v) is 9.77. The lowest BCUT2D eigenvalue weighted by Gasteiger charge is -2.34. The van der Waals surface area contributed by atoms with Gasteiger partial charge in [-0.1, -0.05) is 38.5 Å². The second-order valence-electron chi connectivity index (χ2n) is 9.77. The highest BCUT2D eigenvalue weighted by atomic mass is 16.2. The zero-order valence-corrected chi connectivity index (χ0v) is 18.1. The van der Waals surface area contributed by atoms with Crippen molar-refractivity contribution in [1.82, 2.24) is 15.2 Å². The maximum atomic E-state index is 13.2. The first-order chi connectivity index (χ1) is 14.7. The Morgan fingerprint density at radius 3 is 2.60 bits per heavy atom. The molecule has 1 N–H and O–H groups in total. The lowest BCUT2D eigenvalue weighted by molar-refractivity contribution is 0.228. The van der Waals surface area contributed by atoms with Gasteiger partial charge in [-0.15, -0.1) is 0 Å².